The van der Waals surface area contributed by atoms with Crippen molar-refractivity contribution in [1.82, 2.24) is 14.7 Å². The van der Waals surface area contributed by atoms with Gasteiger partial charge in [0.2, 0.25) is 14.3 Å². The average Bonchev–Trinajstić information content (AvgIpc) is 3.76. The highest BCUT2D eigenvalue weighted by Gasteiger charge is 2.67. The Morgan fingerprint density at radius 1 is 1.07 bits per heavy atom. The van der Waals surface area contributed by atoms with Gasteiger partial charge in [-0.1, -0.05) is 37.3 Å². The van der Waals surface area contributed by atoms with Crippen LogP contribution in [0.2, 0.25) is 18.6 Å². The van der Waals surface area contributed by atoms with E-state index in [-0.39, 0.29) is 36.4 Å². The number of H-pyrrole nitrogens is 1. The first-order chi connectivity index (χ1) is 21.6. The third-order valence-electron chi connectivity index (χ3n) is 10.0. The molecule has 234 valence electrons. The van der Waals surface area contributed by atoms with Gasteiger partial charge in [-0.05, 0) is 68.4 Å². The van der Waals surface area contributed by atoms with E-state index in [9.17, 15) is 19.5 Å². The van der Waals surface area contributed by atoms with Crippen LogP contribution in [0.5, 0.6) is 0 Å². The summed E-state index contributed by atoms with van der Waals surface area (Å²) in [6.45, 7) is 5.48. The average molecular weight is 629 g/mol. The Bertz CT molecular complexity index is 1850. The molecular weight excluding hydrogens is 591 g/mol. The number of fused-ring (bicyclic) bond motifs is 3. The van der Waals surface area contributed by atoms with E-state index in [0.717, 1.165) is 6.42 Å². The number of para-hydroxylation sites is 2. The smallest absolute Gasteiger partial charge is 0.279 e. The second kappa shape index (κ2) is 10.8. The van der Waals surface area contributed by atoms with E-state index >= 15 is 4.11 Å². The van der Waals surface area contributed by atoms with E-state index in [1.807, 2.05) is 49.4 Å². The molecule has 11 heteroatoms. The predicted octanol–water partition coefficient (Wildman–Crippen LogP) is 5.15. The summed E-state index contributed by atoms with van der Waals surface area (Å²) in [6.07, 6.45) is 0.590. The van der Waals surface area contributed by atoms with Crippen LogP contribution in [-0.2, 0) is 19.9 Å². The number of benzene rings is 3. The third kappa shape index (κ3) is 4.51. The van der Waals surface area contributed by atoms with Gasteiger partial charge in [0.1, 0.15) is 0 Å². The van der Waals surface area contributed by atoms with Gasteiger partial charge in [0.05, 0.1) is 47.5 Å². The first kappa shape index (κ1) is 29.6. The number of aromatic nitrogens is 2. The van der Waals surface area contributed by atoms with Gasteiger partial charge in [0.15, 0.2) is 5.60 Å². The van der Waals surface area contributed by atoms with E-state index in [1.165, 1.54) is 4.68 Å². The summed E-state index contributed by atoms with van der Waals surface area (Å²) in [5, 5.41) is 13.5. The number of halogens is 1. The maximum absolute atomic E-state index is 16.4. The second-order valence-electron chi connectivity index (χ2n) is 13.0. The van der Waals surface area contributed by atoms with Crippen molar-refractivity contribution in [1.29, 1.82) is 0 Å². The SMILES string of the molecule is C[C@@H]1[C@@H]([Si](C)(C)F)[C@H](CC(=O)N2CCC[C@H]2CO)O[C@@]12C(=O)N(c1ccccc1)c1ccc(-n3[nH]c4ccccc4c3=O)cc12. The van der Waals surface area contributed by atoms with Gasteiger partial charge in [0.25, 0.3) is 11.5 Å². The molecule has 3 aliphatic heterocycles. The summed E-state index contributed by atoms with van der Waals surface area (Å²) in [5.74, 6) is -1.15. The largest absolute Gasteiger partial charge is 0.394 e. The molecule has 1 aromatic heterocycles. The van der Waals surface area contributed by atoms with Crippen molar-refractivity contribution in [2.45, 2.75) is 62.6 Å². The number of aliphatic hydroxyl groups excluding tert-OH is 1. The van der Waals surface area contributed by atoms with Crippen LogP contribution < -0.4 is 10.5 Å². The van der Waals surface area contributed by atoms with Crippen molar-refractivity contribution in [3.8, 4) is 5.69 Å². The number of anilines is 2. The van der Waals surface area contributed by atoms with Crippen LogP contribution >= 0.6 is 0 Å². The lowest BCUT2D eigenvalue weighted by atomic mass is 9.82. The molecule has 0 bridgehead atoms. The molecule has 4 aromatic rings. The van der Waals surface area contributed by atoms with Crippen LogP contribution in [-0.4, -0.2) is 65.3 Å². The zero-order valence-electron chi connectivity index (χ0n) is 25.6. The van der Waals surface area contributed by atoms with Crippen molar-refractivity contribution in [2.75, 3.05) is 18.1 Å². The number of aliphatic hydroxyl groups is 1. The highest BCUT2D eigenvalue weighted by Crippen LogP contribution is 2.61. The maximum Gasteiger partial charge on any atom is 0.279 e. The van der Waals surface area contributed by atoms with Crippen molar-refractivity contribution in [2.24, 2.45) is 5.92 Å². The first-order valence-electron chi connectivity index (χ1n) is 15.6. The Balaban J connectivity index is 1.38. The molecule has 0 aliphatic carbocycles. The number of nitrogens with zero attached hydrogens (tertiary/aromatic N) is 3. The maximum atomic E-state index is 16.4. The number of amides is 2. The molecule has 0 saturated carbocycles. The predicted molar refractivity (Wildman–Crippen MR) is 172 cm³/mol. The quantitative estimate of drug-likeness (QED) is 0.227. The van der Waals surface area contributed by atoms with Crippen LogP contribution in [0.3, 0.4) is 0 Å². The normalized spacial score (nSPS) is 26.4. The molecule has 3 aromatic carbocycles. The van der Waals surface area contributed by atoms with Crippen molar-refractivity contribution in [3.05, 3.63) is 88.7 Å². The van der Waals surface area contributed by atoms with Crippen molar-refractivity contribution >= 4 is 42.5 Å². The van der Waals surface area contributed by atoms with Gasteiger partial charge in [-0.15, -0.1) is 0 Å². The van der Waals surface area contributed by atoms with E-state index < -0.39 is 31.6 Å². The molecule has 2 N–H and O–H groups in total. The Morgan fingerprint density at radius 3 is 2.51 bits per heavy atom. The van der Waals surface area contributed by atoms with Gasteiger partial charge < -0.3 is 18.9 Å². The highest BCUT2D eigenvalue weighted by molar-refractivity contribution is 6.72. The topological polar surface area (TPSA) is 108 Å². The number of nitrogens with one attached hydrogen (secondary N) is 1. The minimum atomic E-state index is -3.51. The number of carbonyl (C=O) groups excluding carboxylic acids is 2. The molecule has 7 rings (SSSR count). The van der Waals surface area contributed by atoms with Crippen LogP contribution in [0.15, 0.2) is 77.6 Å². The molecule has 0 unspecified atom stereocenters. The van der Waals surface area contributed by atoms with E-state index in [0.29, 0.717) is 46.5 Å². The molecule has 1 spiro atoms. The number of hydrogen-bond donors (Lipinski definition) is 2. The number of likely N-dealkylation sites (tertiary alicyclic amines) is 1. The number of hydrogen-bond acceptors (Lipinski definition) is 5. The van der Waals surface area contributed by atoms with E-state index in [4.69, 9.17) is 4.74 Å². The van der Waals surface area contributed by atoms with Crippen molar-refractivity contribution in [3.63, 3.8) is 0 Å². The van der Waals surface area contributed by atoms with Crippen LogP contribution in [0.4, 0.5) is 15.5 Å². The van der Waals surface area contributed by atoms with E-state index in [1.54, 1.807) is 53.2 Å². The lowest BCUT2D eigenvalue weighted by molar-refractivity contribution is -0.149. The summed E-state index contributed by atoms with van der Waals surface area (Å²) in [4.78, 5) is 45.1. The summed E-state index contributed by atoms with van der Waals surface area (Å²) < 4.78 is 24.6. The highest BCUT2D eigenvalue weighted by atomic mass is 28.4. The Morgan fingerprint density at radius 2 is 1.80 bits per heavy atom. The second-order valence-corrected chi connectivity index (χ2v) is 16.8. The number of aromatic amines is 1. The molecule has 2 amide bonds. The van der Waals surface area contributed by atoms with E-state index in [2.05, 4.69) is 5.10 Å². The summed E-state index contributed by atoms with van der Waals surface area (Å²) >= 11 is 0. The fraction of sp³-hybridized carbons (Fsp3) is 0.382. The Labute approximate surface area is 261 Å². The number of rotatable bonds is 6. The Kier molecular flexibility index (Phi) is 7.10. The van der Waals surface area contributed by atoms with Crippen LogP contribution in [0.1, 0.15) is 31.7 Å². The monoisotopic (exact) mass is 628 g/mol. The number of carbonyl (C=O) groups is 2. The zero-order chi connectivity index (χ0) is 31.7. The minimum Gasteiger partial charge on any atom is -0.394 e. The fourth-order valence-electron chi connectivity index (χ4n) is 8.02. The van der Waals surface area contributed by atoms with Gasteiger partial charge >= 0.3 is 0 Å². The molecule has 9 nitrogen and oxygen atoms in total. The minimum absolute atomic E-state index is 0.0806. The van der Waals surface area contributed by atoms with Gasteiger partial charge in [0, 0.05) is 29.3 Å². The summed E-state index contributed by atoms with van der Waals surface area (Å²) in [5.41, 5.74) is 0.498. The van der Waals surface area contributed by atoms with Crippen LogP contribution in [0, 0.1) is 5.92 Å². The summed E-state index contributed by atoms with van der Waals surface area (Å²) in [6, 6.07) is 21.6. The first-order valence-corrected chi connectivity index (χ1v) is 18.5. The molecule has 5 atom stereocenters. The molecule has 45 heavy (non-hydrogen) atoms. The zero-order valence-corrected chi connectivity index (χ0v) is 26.6. The third-order valence-corrected chi connectivity index (χ3v) is 12.5. The van der Waals surface area contributed by atoms with Gasteiger partial charge in [-0.2, -0.15) is 0 Å². The van der Waals surface area contributed by atoms with Crippen molar-refractivity contribution < 1.29 is 23.5 Å². The lowest BCUT2D eigenvalue weighted by Gasteiger charge is -2.31. The van der Waals surface area contributed by atoms with Gasteiger partial charge in [-0.3, -0.25) is 24.4 Å². The van der Waals surface area contributed by atoms with Crippen LogP contribution in [0.25, 0.3) is 16.6 Å². The lowest BCUT2D eigenvalue weighted by Crippen LogP contribution is -2.44. The molecule has 3 aliphatic rings. The summed E-state index contributed by atoms with van der Waals surface area (Å²) in [7, 11) is -3.51. The fourth-order valence-corrected chi connectivity index (χ4v) is 10.5. The molecular formula is C34H37FN4O5Si. The Hall–Kier alpha value is -4.06. The van der Waals surface area contributed by atoms with Gasteiger partial charge in [-0.25, -0.2) is 4.68 Å². The standard InChI is InChI=1S/C34H37FN4O5Si/c1-21-31(45(2,3)35)29(19-30(41)37-17-9-12-24(37)20-40)44-34(21)26-18-23(39-32(42)25-13-7-8-14-27(25)36-39)15-16-28(26)38(33(34)43)22-10-5-4-6-11-22/h4-8,10-11,13-16,18,21,24,29,31,36,40H,9,12,17,19-20H2,1-3H3/t21-,24+,29+,31-,34+/m1/s1. The molecule has 2 saturated heterocycles. The molecule has 2 fully saturated rings. The molecule has 0 radical (unpaired) electrons. The number of ether oxygens (including phenoxy) is 1. The molecule has 4 heterocycles.